The first-order valence-electron chi connectivity index (χ1n) is 6.05. The summed E-state index contributed by atoms with van der Waals surface area (Å²) >= 11 is 1.71. The molecule has 5 nitrogen and oxygen atoms in total. The van der Waals surface area contributed by atoms with Crippen molar-refractivity contribution in [3.8, 4) is 11.3 Å². The molecule has 0 saturated heterocycles. The van der Waals surface area contributed by atoms with Crippen molar-refractivity contribution >= 4 is 17.7 Å². The van der Waals surface area contributed by atoms with Crippen LogP contribution in [0.5, 0.6) is 0 Å². The third-order valence-electron chi connectivity index (χ3n) is 2.77. The van der Waals surface area contributed by atoms with Gasteiger partial charge in [0.15, 0.2) is 5.69 Å². The van der Waals surface area contributed by atoms with Gasteiger partial charge in [-0.2, -0.15) is 11.8 Å². The average Bonchev–Trinajstić information content (AvgIpc) is 2.84. The van der Waals surface area contributed by atoms with E-state index >= 15 is 0 Å². The highest BCUT2D eigenvalue weighted by molar-refractivity contribution is 7.98. The van der Waals surface area contributed by atoms with Crippen LogP contribution in [0.15, 0.2) is 24.3 Å². The second-order valence-electron chi connectivity index (χ2n) is 4.17. The topological polar surface area (TPSA) is 68.0 Å². The number of halogens is 1. The quantitative estimate of drug-likeness (QED) is 0.829. The number of benzene rings is 1. The predicted octanol–water partition coefficient (Wildman–Crippen LogP) is 2.54. The van der Waals surface area contributed by atoms with Gasteiger partial charge in [-0.1, -0.05) is 5.21 Å². The standard InChI is InChI=1S/C13H14FN3O2S/c1-20-8-2-7-17-12(11(13(18)19)15-16-17)9-3-5-10(14)6-4-9/h3-6H,2,7-8H2,1H3,(H,18,19). The molecule has 0 bridgehead atoms. The molecule has 20 heavy (non-hydrogen) atoms. The summed E-state index contributed by atoms with van der Waals surface area (Å²) in [7, 11) is 0. The van der Waals surface area contributed by atoms with Gasteiger partial charge in [-0.3, -0.25) is 0 Å². The normalized spacial score (nSPS) is 10.7. The van der Waals surface area contributed by atoms with E-state index in [1.54, 1.807) is 16.4 Å². The zero-order chi connectivity index (χ0) is 14.5. The van der Waals surface area contributed by atoms with Crippen LogP contribution in [0.1, 0.15) is 16.9 Å². The molecule has 1 aromatic heterocycles. The zero-order valence-electron chi connectivity index (χ0n) is 10.9. The second-order valence-corrected chi connectivity index (χ2v) is 5.15. The lowest BCUT2D eigenvalue weighted by Gasteiger charge is -2.07. The van der Waals surface area contributed by atoms with E-state index in [1.807, 2.05) is 6.26 Å². The molecule has 1 aromatic carbocycles. The molecule has 0 radical (unpaired) electrons. The average molecular weight is 295 g/mol. The van der Waals surface area contributed by atoms with Crippen molar-refractivity contribution in [2.75, 3.05) is 12.0 Å². The van der Waals surface area contributed by atoms with Crippen LogP contribution in [0.3, 0.4) is 0 Å². The van der Waals surface area contributed by atoms with Gasteiger partial charge in [-0.15, -0.1) is 5.10 Å². The van der Waals surface area contributed by atoms with Crippen molar-refractivity contribution in [1.29, 1.82) is 0 Å². The number of nitrogens with zero attached hydrogens (tertiary/aromatic N) is 3. The molecule has 0 aliphatic rings. The van der Waals surface area contributed by atoms with Gasteiger partial charge < -0.3 is 5.11 Å². The van der Waals surface area contributed by atoms with Crippen molar-refractivity contribution in [2.24, 2.45) is 0 Å². The zero-order valence-corrected chi connectivity index (χ0v) is 11.7. The number of rotatable bonds is 6. The number of carboxylic acid groups (broad SMARTS) is 1. The Morgan fingerprint density at radius 1 is 1.40 bits per heavy atom. The van der Waals surface area contributed by atoms with Gasteiger partial charge in [-0.25, -0.2) is 13.9 Å². The molecule has 106 valence electrons. The summed E-state index contributed by atoms with van der Waals surface area (Å²) in [4.78, 5) is 11.2. The van der Waals surface area contributed by atoms with Crippen LogP contribution >= 0.6 is 11.8 Å². The minimum absolute atomic E-state index is 0.110. The van der Waals surface area contributed by atoms with Crippen LogP contribution < -0.4 is 0 Å². The number of carbonyl (C=O) groups is 1. The number of hydrogen-bond acceptors (Lipinski definition) is 4. The van der Waals surface area contributed by atoms with Crippen molar-refractivity contribution in [2.45, 2.75) is 13.0 Å². The molecule has 0 atom stereocenters. The molecule has 0 amide bonds. The van der Waals surface area contributed by atoms with Gasteiger partial charge in [0.1, 0.15) is 11.5 Å². The molecule has 2 aromatic rings. The Kier molecular flexibility index (Phi) is 4.73. The molecule has 0 unspecified atom stereocenters. The van der Waals surface area contributed by atoms with Crippen molar-refractivity contribution in [3.05, 3.63) is 35.8 Å². The fourth-order valence-electron chi connectivity index (χ4n) is 1.87. The molecule has 0 spiro atoms. The summed E-state index contributed by atoms with van der Waals surface area (Å²) in [6.45, 7) is 0.577. The van der Waals surface area contributed by atoms with Crippen molar-refractivity contribution in [3.63, 3.8) is 0 Å². The van der Waals surface area contributed by atoms with Crippen LogP contribution in [-0.4, -0.2) is 38.1 Å². The van der Waals surface area contributed by atoms with Crippen LogP contribution in [0.25, 0.3) is 11.3 Å². The molecule has 0 fully saturated rings. The Morgan fingerprint density at radius 3 is 2.70 bits per heavy atom. The van der Waals surface area contributed by atoms with E-state index < -0.39 is 5.97 Å². The van der Waals surface area contributed by atoms with Gasteiger partial charge in [0.05, 0.1) is 0 Å². The summed E-state index contributed by atoms with van der Waals surface area (Å²) in [5.41, 5.74) is 0.900. The maximum Gasteiger partial charge on any atom is 0.358 e. The lowest BCUT2D eigenvalue weighted by Crippen LogP contribution is -2.06. The smallest absolute Gasteiger partial charge is 0.358 e. The second kappa shape index (κ2) is 6.51. The highest BCUT2D eigenvalue weighted by atomic mass is 32.2. The van der Waals surface area contributed by atoms with Crippen LogP contribution in [0.2, 0.25) is 0 Å². The fraction of sp³-hybridized carbons (Fsp3) is 0.308. The molecule has 1 N–H and O–H groups in total. The van der Waals surface area contributed by atoms with Crippen LogP contribution in [0.4, 0.5) is 4.39 Å². The SMILES string of the molecule is CSCCCn1nnc(C(=O)O)c1-c1ccc(F)cc1. The molecule has 0 aliphatic carbocycles. The minimum Gasteiger partial charge on any atom is -0.476 e. The number of hydrogen-bond donors (Lipinski definition) is 1. The van der Waals surface area contributed by atoms with E-state index in [-0.39, 0.29) is 11.5 Å². The van der Waals surface area contributed by atoms with Crippen LogP contribution in [-0.2, 0) is 6.54 Å². The Hall–Kier alpha value is -1.89. The largest absolute Gasteiger partial charge is 0.476 e. The summed E-state index contributed by atoms with van der Waals surface area (Å²) in [5.74, 6) is -0.557. The summed E-state index contributed by atoms with van der Waals surface area (Å²) < 4.78 is 14.5. The maximum absolute atomic E-state index is 13.0. The number of aryl methyl sites for hydroxylation is 1. The van der Waals surface area contributed by atoms with E-state index in [1.165, 1.54) is 24.3 Å². The third-order valence-corrected chi connectivity index (χ3v) is 3.47. The molecular weight excluding hydrogens is 281 g/mol. The van der Waals surface area contributed by atoms with Gasteiger partial charge in [0, 0.05) is 12.1 Å². The number of carboxylic acids is 1. The van der Waals surface area contributed by atoms with E-state index in [9.17, 15) is 14.3 Å². The predicted molar refractivity (Wildman–Crippen MR) is 75.4 cm³/mol. The Bertz CT molecular complexity index is 598. The first-order valence-corrected chi connectivity index (χ1v) is 7.44. The lowest BCUT2D eigenvalue weighted by atomic mass is 10.1. The molecule has 0 aliphatic heterocycles. The molecule has 2 rings (SSSR count). The van der Waals surface area contributed by atoms with E-state index in [0.29, 0.717) is 17.8 Å². The third kappa shape index (κ3) is 3.16. The van der Waals surface area contributed by atoms with E-state index in [2.05, 4.69) is 10.3 Å². The lowest BCUT2D eigenvalue weighted by molar-refractivity contribution is 0.0691. The summed E-state index contributed by atoms with van der Waals surface area (Å²) in [6, 6.07) is 5.65. The first-order chi connectivity index (χ1) is 9.63. The minimum atomic E-state index is -1.14. The molecule has 0 saturated carbocycles. The molecule has 1 heterocycles. The highest BCUT2D eigenvalue weighted by Gasteiger charge is 2.20. The van der Waals surface area contributed by atoms with Gasteiger partial charge in [0.2, 0.25) is 0 Å². The molecular formula is C13H14FN3O2S. The van der Waals surface area contributed by atoms with Gasteiger partial charge >= 0.3 is 5.97 Å². The fourth-order valence-corrected chi connectivity index (χ4v) is 2.28. The number of aromatic carboxylic acids is 1. The Morgan fingerprint density at radius 2 is 2.10 bits per heavy atom. The maximum atomic E-state index is 13.0. The first kappa shape index (κ1) is 14.5. The number of thioether (sulfide) groups is 1. The van der Waals surface area contributed by atoms with Crippen molar-refractivity contribution < 1.29 is 14.3 Å². The molecule has 7 heteroatoms. The van der Waals surface area contributed by atoms with E-state index in [4.69, 9.17) is 0 Å². The Balaban J connectivity index is 2.38. The monoisotopic (exact) mass is 295 g/mol. The van der Waals surface area contributed by atoms with Crippen molar-refractivity contribution in [1.82, 2.24) is 15.0 Å². The van der Waals surface area contributed by atoms with E-state index in [0.717, 1.165) is 12.2 Å². The van der Waals surface area contributed by atoms with Crippen LogP contribution in [0, 0.1) is 5.82 Å². The summed E-state index contributed by atoms with van der Waals surface area (Å²) in [5, 5.41) is 16.8. The van der Waals surface area contributed by atoms with Gasteiger partial charge in [0.25, 0.3) is 0 Å². The Labute approximate surface area is 119 Å². The summed E-state index contributed by atoms with van der Waals surface area (Å²) in [6.07, 6.45) is 2.86. The highest BCUT2D eigenvalue weighted by Crippen LogP contribution is 2.23. The number of aromatic nitrogens is 3. The van der Waals surface area contributed by atoms with Gasteiger partial charge in [-0.05, 0) is 42.7 Å².